The summed E-state index contributed by atoms with van der Waals surface area (Å²) in [5, 5.41) is 3.15. The second-order valence-electron chi connectivity index (χ2n) is 23.2. The summed E-state index contributed by atoms with van der Waals surface area (Å²) in [5.74, 6) is 2.98. The summed E-state index contributed by atoms with van der Waals surface area (Å²) in [7, 11) is 3.11. The fourth-order valence-corrected chi connectivity index (χ4v) is 19.5. The maximum atomic E-state index is 6.37. The van der Waals surface area contributed by atoms with Crippen molar-refractivity contribution in [3.05, 3.63) is 46.5 Å². The van der Waals surface area contributed by atoms with Gasteiger partial charge < -0.3 is 9.47 Å². The second-order valence-corrected chi connectivity index (χ2v) is 28.8. The zero-order chi connectivity index (χ0) is 42.6. The molecular formula is C54H90FeO2P2. The van der Waals surface area contributed by atoms with Crippen LogP contribution in [0.1, 0.15) is 228 Å². The van der Waals surface area contributed by atoms with Gasteiger partial charge in [-0.15, -0.1) is 0 Å². The Balaban J connectivity index is 0.00000119. The van der Waals surface area contributed by atoms with Crippen molar-refractivity contribution in [3.8, 4) is 11.5 Å². The molecule has 0 saturated heterocycles. The minimum atomic E-state index is -0.672. The van der Waals surface area contributed by atoms with E-state index >= 15 is 0 Å². The topological polar surface area (TPSA) is 18.5 Å². The van der Waals surface area contributed by atoms with Crippen molar-refractivity contribution in [2.75, 3.05) is 14.2 Å². The average Bonchev–Trinajstić information content (AvgIpc) is 3.91. The van der Waals surface area contributed by atoms with Crippen molar-refractivity contribution in [3.63, 3.8) is 0 Å². The third kappa shape index (κ3) is 12.6. The Morgan fingerprint density at radius 2 is 0.763 bits per heavy atom. The quantitative estimate of drug-likeness (QED) is 0.184. The van der Waals surface area contributed by atoms with Gasteiger partial charge in [-0.2, -0.15) is 0 Å². The Morgan fingerprint density at radius 3 is 1.05 bits per heavy atom. The summed E-state index contributed by atoms with van der Waals surface area (Å²) in [5.41, 5.74) is 8.82. The summed E-state index contributed by atoms with van der Waals surface area (Å²) in [4.78, 5) is 0. The largest absolute Gasteiger partial charge is 0.496 e. The zero-order valence-corrected chi connectivity index (χ0v) is 43.9. The molecule has 4 aliphatic carbocycles. The third-order valence-electron chi connectivity index (χ3n) is 14.5. The molecule has 2 nitrogen and oxygen atoms in total. The maximum Gasteiger partial charge on any atom is 0.126 e. The Morgan fingerprint density at radius 1 is 0.458 bits per heavy atom. The van der Waals surface area contributed by atoms with E-state index in [1.807, 2.05) is 14.2 Å². The number of hydrogen-bond donors (Lipinski definition) is 0. The van der Waals surface area contributed by atoms with Crippen LogP contribution in [-0.2, 0) is 38.7 Å². The van der Waals surface area contributed by atoms with Gasteiger partial charge in [0, 0.05) is 39.3 Å². The molecule has 0 aromatic heterocycles. The fourth-order valence-electron chi connectivity index (χ4n) is 11.4. The Kier molecular flexibility index (Phi) is 18.5. The SMILES string of the molecule is C1CCCC1.COc1c(C(C)(C)C)cc(P(c2cc(C(C)(C)C)c(OC)c(C(C)(C)C)c2)C2CCCC2[C@@H](C)P(C2CCCCC2)C2CCCCC2)cc1C(C)(C)C.[Fe]. The molecule has 336 valence electrons. The van der Waals surface area contributed by atoms with Crippen molar-refractivity contribution in [1.82, 2.24) is 0 Å². The molecule has 2 aromatic carbocycles. The van der Waals surface area contributed by atoms with Gasteiger partial charge in [-0.25, -0.2) is 0 Å². The minimum Gasteiger partial charge on any atom is -0.496 e. The Labute approximate surface area is 379 Å². The normalized spacial score (nSPS) is 21.9. The maximum absolute atomic E-state index is 6.37. The van der Waals surface area contributed by atoms with Gasteiger partial charge in [0.05, 0.1) is 14.2 Å². The Bertz CT molecular complexity index is 1430. The standard InChI is InChI=1S/C49H80O2P2.C5H10.Fe/c1-33(52(34-23-18-16-19-24-34)35-25-20-17-21-26-35)38-27-22-28-43(38)53(36-29-39(46(2,3)4)44(50-14)40(30-36)47(5,6)7)37-31-41(48(8,9)10)45(51-15)42(32-37)49(11,12)13;1-2-4-5-3-1;/h29-35,38,43H,16-28H2,1-15H3;1-5H2;/t33-,38?,43?;;/m1../s1. The molecule has 3 atom stereocenters. The fraction of sp³-hybridized carbons (Fsp3) is 0.778. The molecule has 0 heterocycles. The summed E-state index contributed by atoms with van der Waals surface area (Å²) < 4.78 is 12.7. The Hall–Kier alpha value is -0.581. The van der Waals surface area contributed by atoms with Crippen LogP contribution in [-0.4, -0.2) is 36.9 Å². The van der Waals surface area contributed by atoms with E-state index in [4.69, 9.17) is 9.47 Å². The van der Waals surface area contributed by atoms with E-state index in [0.717, 1.165) is 34.4 Å². The van der Waals surface area contributed by atoms with Crippen LogP contribution in [0.25, 0.3) is 0 Å². The number of methoxy groups -OCH3 is 2. The molecular weight excluding hydrogens is 798 g/mol. The van der Waals surface area contributed by atoms with E-state index in [2.05, 4.69) is 114 Å². The summed E-state index contributed by atoms with van der Waals surface area (Å²) in [6.07, 6.45) is 26.5. The van der Waals surface area contributed by atoms with E-state index in [-0.39, 0.29) is 46.7 Å². The first-order valence-electron chi connectivity index (χ1n) is 24.2. The van der Waals surface area contributed by atoms with Crippen molar-refractivity contribution >= 4 is 26.5 Å². The van der Waals surface area contributed by atoms with Crippen molar-refractivity contribution in [2.45, 2.75) is 250 Å². The first kappa shape index (κ1) is 51.1. The molecule has 4 saturated carbocycles. The first-order valence-corrected chi connectivity index (χ1v) is 27.2. The van der Waals surface area contributed by atoms with Crippen molar-refractivity contribution in [1.29, 1.82) is 0 Å². The van der Waals surface area contributed by atoms with E-state index in [1.54, 1.807) is 10.6 Å². The third-order valence-corrected chi connectivity index (χ3v) is 21.5. The van der Waals surface area contributed by atoms with Crippen molar-refractivity contribution in [2.24, 2.45) is 5.92 Å². The van der Waals surface area contributed by atoms with E-state index in [0.29, 0.717) is 5.66 Å². The minimum absolute atomic E-state index is 0. The molecule has 4 fully saturated rings. The molecule has 2 aromatic rings. The first-order chi connectivity index (χ1) is 27.2. The van der Waals surface area contributed by atoms with Gasteiger partial charge in [-0.3, -0.25) is 0 Å². The smallest absolute Gasteiger partial charge is 0.126 e. The van der Waals surface area contributed by atoms with Crippen LogP contribution >= 0.6 is 15.8 Å². The van der Waals surface area contributed by atoms with Crippen LogP contribution < -0.4 is 20.1 Å². The predicted octanol–water partition coefficient (Wildman–Crippen LogP) is 16.0. The van der Waals surface area contributed by atoms with Gasteiger partial charge in [0.15, 0.2) is 0 Å². The van der Waals surface area contributed by atoms with E-state index < -0.39 is 7.92 Å². The van der Waals surface area contributed by atoms with Gasteiger partial charge in [0.1, 0.15) is 11.5 Å². The summed E-state index contributed by atoms with van der Waals surface area (Å²) >= 11 is 0. The van der Waals surface area contributed by atoms with Crippen LogP contribution in [0.3, 0.4) is 0 Å². The van der Waals surface area contributed by atoms with Crippen molar-refractivity contribution < 1.29 is 26.5 Å². The molecule has 2 unspecified atom stereocenters. The van der Waals surface area contributed by atoms with Crippen LogP contribution in [0.15, 0.2) is 24.3 Å². The molecule has 0 radical (unpaired) electrons. The molecule has 0 aliphatic heterocycles. The number of benzene rings is 2. The number of rotatable bonds is 9. The van der Waals surface area contributed by atoms with Gasteiger partial charge in [0.2, 0.25) is 0 Å². The summed E-state index contributed by atoms with van der Waals surface area (Å²) in [6, 6.07) is 10.5. The number of ether oxygens (including phenoxy) is 2. The molecule has 0 spiro atoms. The number of hydrogen-bond acceptors (Lipinski definition) is 2. The summed E-state index contributed by atoms with van der Waals surface area (Å²) in [6.45, 7) is 31.4. The molecule has 6 rings (SSSR count). The molecule has 0 bridgehead atoms. The molecule has 4 aliphatic rings. The van der Waals surface area contributed by atoms with Crippen LogP contribution in [0.4, 0.5) is 0 Å². The second kappa shape index (κ2) is 21.4. The van der Waals surface area contributed by atoms with Gasteiger partial charge in [-0.1, -0.05) is 175 Å². The molecule has 59 heavy (non-hydrogen) atoms. The molecule has 5 heteroatoms. The van der Waals surface area contributed by atoms with Crippen LogP contribution in [0, 0.1) is 5.92 Å². The molecule has 0 N–H and O–H groups in total. The zero-order valence-electron chi connectivity index (χ0n) is 41.0. The van der Waals surface area contributed by atoms with Crippen LogP contribution in [0.5, 0.6) is 11.5 Å². The molecule has 0 amide bonds. The monoisotopic (exact) mass is 889 g/mol. The van der Waals surface area contributed by atoms with E-state index in [9.17, 15) is 0 Å². The van der Waals surface area contributed by atoms with Gasteiger partial charge >= 0.3 is 0 Å². The van der Waals surface area contributed by atoms with Gasteiger partial charge in [0.25, 0.3) is 0 Å². The van der Waals surface area contributed by atoms with Crippen LogP contribution in [0.2, 0.25) is 0 Å². The average molecular weight is 889 g/mol. The predicted molar refractivity (Wildman–Crippen MR) is 261 cm³/mol. The van der Waals surface area contributed by atoms with Gasteiger partial charge in [-0.05, 0) is 132 Å². The van der Waals surface area contributed by atoms with E-state index in [1.165, 1.54) is 138 Å².